The molecule has 6 heteroatoms. The summed E-state index contributed by atoms with van der Waals surface area (Å²) < 4.78 is 23.1. The number of hydrogen-bond acceptors (Lipinski definition) is 4. The Labute approximate surface area is 131 Å². The van der Waals surface area contributed by atoms with Crippen LogP contribution in [0.5, 0.6) is 11.5 Å². The zero-order valence-corrected chi connectivity index (χ0v) is 14.6. The zero-order valence-electron chi connectivity index (χ0n) is 12.2. The summed E-state index contributed by atoms with van der Waals surface area (Å²) in [6.45, 7) is 5.92. The van der Waals surface area contributed by atoms with E-state index in [1.54, 1.807) is 7.11 Å². The molecule has 114 valence electrons. The first-order valence-corrected chi connectivity index (χ1v) is 8.95. The van der Waals surface area contributed by atoms with Crippen molar-refractivity contribution in [3.8, 4) is 11.5 Å². The highest BCUT2D eigenvalue weighted by atomic mass is 79.9. The lowest BCUT2D eigenvalue weighted by molar-refractivity contribution is 0.308. The smallest absolute Gasteiger partial charge is 0.175 e. The van der Waals surface area contributed by atoms with Crippen molar-refractivity contribution in [3.63, 3.8) is 0 Å². The fraction of sp³-hybridized carbons (Fsp3) is 0.571. The van der Waals surface area contributed by atoms with Crippen molar-refractivity contribution in [1.82, 2.24) is 5.32 Å². The van der Waals surface area contributed by atoms with Gasteiger partial charge in [-0.1, -0.05) is 6.92 Å². The van der Waals surface area contributed by atoms with E-state index >= 15 is 0 Å². The Morgan fingerprint density at radius 3 is 2.70 bits per heavy atom. The summed E-state index contributed by atoms with van der Waals surface area (Å²) in [5, 5.41) is 3.29. The molecule has 0 amide bonds. The Balaban J connectivity index is 2.63. The lowest BCUT2D eigenvalue weighted by atomic mass is 10.2. The summed E-state index contributed by atoms with van der Waals surface area (Å²) in [7, 11) is 0.913. The summed E-state index contributed by atoms with van der Waals surface area (Å²) in [5.74, 6) is 2.84. The van der Waals surface area contributed by atoms with E-state index in [1.807, 2.05) is 26.0 Å². The molecule has 0 bridgehead atoms. The van der Waals surface area contributed by atoms with Crippen LogP contribution in [0.2, 0.25) is 0 Å². The minimum Gasteiger partial charge on any atom is -0.493 e. The van der Waals surface area contributed by atoms with Crippen molar-refractivity contribution in [2.24, 2.45) is 0 Å². The number of ether oxygens (including phenoxy) is 2. The summed E-state index contributed by atoms with van der Waals surface area (Å²) in [4.78, 5) is 0. The van der Waals surface area contributed by atoms with E-state index in [2.05, 4.69) is 21.2 Å². The van der Waals surface area contributed by atoms with Crippen molar-refractivity contribution >= 4 is 26.7 Å². The molecule has 1 aromatic rings. The van der Waals surface area contributed by atoms with E-state index in [0.29, 0.717) is 24.7 Å². The Kier molecular flexibility index (Phi) is 8.18. The van der Waals surface area contributed by atoms with Crippen molar-refractivity contribution in [3.05, 3.63) is 22.2 Å². The number of methoxy groups -OCH3 is 1. The van der Waals surface area contributed by atoms with Gasteiger partial charge in [-0.2, -0.15) is 0 Å². The molecule has 0 aromatic heterocycles. The number of halogens is 1. The van der Waals surface area contributed by atoms with Crippen LogP contribution in [0, 0.1) is 0 Å². The Morgan fingerprint density at radius 2 is 2.10 bits per heavy atom. The van der Waals surface area contributed by atoms with E-state index in [1.165, 1.54) is 0 Å². The third kappa shape index (κ3) is 5.42. The van der Waals surface area contributed by atoms with Crippen LogP contribution in [0.15, 0.2) is 16.6 Å². The zero-order chi connectivity index (χ0) is 15.0. The van der Waals surface area contributed by atoms with E-state index in [9.17, 15) is 4.21 Å². The highest BCUT2D eigenvalue weighted by Gasteiger charge is 2.11. The molecule has 0 heterocycles. The predicted molar refractivity (Wildman–Crippen MR) is 87.1 cm³/mol. The Morgan fingerprint density at radius 1 is 1.35 bits per heavy atom. The van der Waals surface area contributed by atoms with Crippen LogP contribution in [-0.4, -0.2) is 36.0 Å². The van der Waals surface area contributed by atoms with Gasteiger partial charge in [0.25, 0.3) is 0 Å². The second-order valence-corrected chi connectivity index (χ2v) is 6.87. The summed E-state index contributed by atoms with van der Waals surface area (Å²) in [6, 6.07) is 3.97. The highest BCUT2D eigenvalue weighted by Crippen LogP contribution is 2.36. The van der Waals surface area contributed by atoms with E-state index in [0.717, 1.165) is 28.1 Å². The molecule has 0 fully saturated rings. The van der Waals surface area contributed by atoms with Crippen LogP contribution < -0.4 is 14.8 Å². The standard InChI is InChI=1S/C14H22BrNO3S/c1-4-19-14-12(15)8-11(9-13(14)18-3)10-16-6-7-20(17)5-2/h8-9,16H,4-7,10H2,1-3H3. The first-order chi connectivity index (χ1) is 9.62. The van der Waals surface area contributed by atoms with Gasteiger partial charge in [-0.05, 0) is 40.5 Å². The first-order valence-electron chi connectivity index (χ1n) is 6.67. The highest BCUT2D eigenvalue weighted by molar-refractivity contribution is 9.10. The number of hydrogen-bond donors (Lipinski definition) is 1. The number of nitrogens with one attached hydrogen (secondary N) is 1. The van der Waals surface area contributed by atoms with E-state index < -0.39 is 10.8 Å². The van der Waals surface area contributed by atoms with Crippen LogP contribution in [0.25, 0.3) is 0 Å². The molecule has 1 atom stereocenters. The van der Waals surface area contributed by atoms with Crippen molar-refractivity contribution in [2.75, 3.05) is 31.8 Å². The first kappa shape index (κ1) is 17.5. The molecule has 0 aliphatic carbocycles. The molecule has 0 aliphatic rings. The molecule has 0 saturated carbocycles. The third-order valence-corrected chi connectivity index (χ3v) is 4.63. The number of rotatable bonds is 9. The van der Waals surface area contributed by atoms with Gasteiger partial charge in [0, 0.05) is 35.4 Å². The second kappa shape index (κ2) is 9.37. The van der Waals surface area contributed by atoms with Gasteiger partial charge in [0.15, 0.2) is 11.5 Å². The molecule has 4 nitrogen and oxygen atoms in total. The van der Waals surface area contributed by atoms with Gasteiger partial charge in [0.2, 0.25) is 0 Å². The fourth-order valence-corrected chi connectivity index (χ4v) is 2.99. The predicted octanol–water partition coefficient (Wildman–Crippen LogP) is 2.71. The topological polar surface area (TPSA) is 47.6 Å². The molecule has 0 aliphatic heterocycles. The maximum absolute atomic E-state index is 11.3. The van der Waals surface area contributed by atoms with E-state index in [-0.39, 0.29) is 0 Å². The van der Waals surface area contributed by atoms with Crippen molar-refractivity contribution in [2.45, 2.75) is 20.4 Å². The maximum atomic E-state index is 11.3. The molecule has 1 rings (SSSR count). The van der Waals surface area contributed by atoms with Crippen LogP contribution in [0.3, 0.4) is 0 Å². The van der Waals surface area contributed by atoms with Crippen LogP contribution in [0.4, 0.5) is 0 Å². The molecule has 0 radical (unpaired) electrons. The monoisotopic (exact) mass is 363 g/mol. The average Bonchev–Trinajstić information content (AvgIpc) is 2.45. The number of benzene rings is 1. The van der Waals surface area contributed by atoms with Gasteiger partial charge < -0.3 is 14.8 Å². The molecule has 0 saturated heterocycles. The summed E-state index contributed by atoms with van der Waals surface area (Å²) in [5.41, 5.74) is 1.10. The van der Waals surface area contributed by atoms with Crippen LogP contribution in [-0.2, 0) is 17.3 Å². The van der Waals surface area contributed by atoms with Gasteiger partial charge in [-0.15, -0.1) is 0 Å². The van der Waals surface area contributed by atoms with Gasteiger partial charge in [-0.25, -0.2) is 0 Å². The largest absolute Gasteiger partial charge is 0.493 e. The van der Waals surface area contributed by atoms with Crippen molar-refractivity contribution in [1.29, 1.82) is 0 Å². The SMILES string of the molecule is CCOc1c(Br)cc(CNCCS(=O)CC)cc1OC. The second-order valence-electron chi connectivity index (χ2n) is 4.15. The minimum atomic E-state index is -0.718. The molecule has 20 heavy (non-hydrogen) atoms. The molecule has 1 unspecified atom stereocenters. The van der Waals surface area contributed by atoms with Gasteiger partial charge in [0.05, 0.1) is 18.2 Å². The Hall–Kier alpha value is -0.590. The van der Waals surface area contributed by atoms with Gasteiger partial charge in [0.1, 0.15) is 0 Å². The molecular formula is C14H22BrNO3S. The minimum absolute atomic E-state index is 0.593. The molecular weight excluding hydrogens is 342 g/mol. The van der Waals surface area contributed by atoms with Crippen LogP contribution in [0.1, 0.15) is 19.4 Å². The lowest BCUT2D eigenvalue weighted by Gasteiger charge is -2.13. The van der Waals surface area contributed by atoms with Gasteiger partial charge >= 0.3 is 0 Å². The molecule has 1 aromatic carbocycles. The fourth-order valence-electron chi connectivity index (χ4n) is 1.72. The van der Waals surface area contributed by atoms with Crippen LogP contribution >= 0.6 is 15.9 Å². The Bertz CT molecular complexity index is 454. The van der Waals surface area contributed by atoms with E-state index in [4.69, 9.17) is 9.47 Å². The molecule has 0 spiro atoms. The summed E-state index contributed by atoms with van der Waals surface area (Å²) >= 11 is 3.50. The average molecular weight is 364 g/mol. The third-order valence-electron chi connectivity index (χ3n) is 2.74. The normalized spacial score (nSPS) is 12.2. The lowest BCUT2D eigenvalue weighted by Crippen LogP contribution is -2.20. The quantitative estimate of drug-likeness (QED) is 0.685. The maximum Gasteiger partial charge on any atom is 0.175 e. The van der Waals surface area contributed by atoms with Crippen molar-refractivity contribution < 1.29 is 13.7 Å². The molecule has 1 N–H and O–H groups in total. The summed E-state index contributed by atoms with van der Waals surface area (Å²) in [6.07, 6.45) is 0. The van der Waals surface area contributed by atoms with Gasteiger partial charge in [-0.3, -0.25) is 4.21 Å².